The summed E-state index contributed by atoms with van der Waals surface area (Å²) in [6, 6.07) is 0.560. The van der Waals surface area contributed by atoms with Gasteiger partial charge in [-0.05, 0) is 40.0 Å². The van der Waals surface area contributed by atoms with E-state index in [1.807, 2.05) is 30.5 Å². The Morgan fingerprint density at radius 1 is 1.30 bits per heavy atom. The Hall–Kier alpha value is -0.260. The van der Waals surface area contributed by atoms with Gasteiger partial charge in [0.2, 0.25) is 5.91 Å². The van der Waals surface area contributed by atoms with Crippen molar-refractivity contribution >= 4 is 17.7 Å². The standard InChI is InChI=1S/C15H28N2O2S/c1-11-8-17(9-12(2)19-11)15(18)10-16(3)13-6-5-7-14(13)20-4/h11-14H,5-10H2,1-4H3/t11-,12+,13-,14-/m1/s1. The van der Waals surface area contributed by atoms with Gasteiger partial charge >= 0.3 is 0 Å². The van der Waals surface area contributed by atoms with Crippen molar-refractivity contribution in [2.45, 2.75) is 56.6 Å². The topological polar surface area (TPSA) is 32.8 Å². The van der Waals surface area contributed by atoms with Gasteiger partial charge in [-0.15, -0.1) is 0 Å². The quantitative estimate of drug-likeness (QED) is 0.793. The van der Waals surface area contributed by atoms with Gasteiger partial charge < -0.3 is 9.64 Å². The van der Waals surface area contributed by atoms with Crippen molar-refractivity contribution in [3.05, 3.63) is 0 Å². The molecule has 4 atom stereocenters. The minimum Gasteiger partial charge on any atom is -0.372 e. The van der Waals surface area contributed by atoms with Gasteiger partial charge in [0.25, 0.3) is 0 Å². The van der Waals surface area contributed by atoms with Gasteiger partial charge in [-0.1, -0.05) is 6.42 Å². The summed E-state index contributed by atoms with van der Waals surface area (Å²) in [5, 5.41) is 0.690. The molecule has 0 N–H and O–H groups in total. The highest BCUT2D eigenvalue weighted by molar-refractivity contribution is 7.99. The Morgan fingerprint density at radius 3 is 2.55 bits per heavy atom. The minimum atomic E-state index is 0.151. The SMILES string of the molecule is CS[C@@H]1CCC[C@H]1N(C)CC(=O)N1C[C@@H](C)O[C@@H](C)C1. The van der Waals surface area contributed by atoms with Crippen LogP contribution in [0.2, 0.25) is 0 Å². The van der Waals surface area contributed by atoms with Gasteiger partial charge in [0.05, 0.1) is 18.8 Å². The third-order valence-electron chi connectivity index (χ3n) is 4.44. The number of morpholine rings is 1. The molecule has 1 saturated carbocycles. The number of hydrogen-bond donors (Lipinski definition) is 0. The molecule has 1 aliphatic carbocycles. The second-order valence-electron chi connectivity index (χ2n) is 6.24. The highest BCUT2D eigenvalue weighted by Crippen LogP contribution is 2.31. The smallest absolute Gasteiger partial charge is 0.236 e. The average Bonchev–Trinajstić information content (AvgIpc) is 2.85. The first kappa shape index (κ1) is 16.1. The van der Waals surface area contributed by atoms with Crippen LogP contribution in [-0.4, -0.2) is 72.1 Å². The molecule has 116 valence electrons. The van der Waals surface area contributed by atoms with Crippen molar-refractivity contribution in [3.8, 4) is 0 Å². The van der Waals surface area contributed by atoms with Crippen molar-refractivity contribution in [1.29, 1.82) is 0 Å². The number of hydrogen-bond acceptors (Lipinski definition) is 4. The summed E-state index contributed by atoms with van der Waals surface area (Å²) >= 11 is 1.95. The summed E-state index contributed by atoms with van der Waals surface area (Å²) in [6.07, 6.45) is 6.29. The van der Waals surface area contributed by atoms with Gasteiger partial charge in [0.15, 0.2) is 0 Å². The molecule has 0 radical (unpaired) electrons. The molecule has 5 heteroatoms. The van der Waals surface area contributed by atoms with Crippen LogP contribution in [0.4, 0.5) is 0 Å². The number of rotatable bonds is 4. The lowest BCUT2D eigenvalue weighted by Gasteiger charge is -2.37. The largest absolute Gasteiger partial charge is 0.372 e. The first-order valence-corrected chi connectivity index (χ1v) is 8.96. The van der Waals surface area contributed by atoms with Gasteiger partial charge in [0, 0.05) is 24.4 Å². The summed E-state index contributed by atoms with van der Waals surface area (Å²) in [6.45, 7) is 6.09. The lowest BCUT2D eigenvalue weighted by Crippen LogP contribution is -2.52. The molecule has 1 aliphatic heterocycles. The predicted molar refractivity (Wildman–Crippen MR) is 84.2 cm³/mol. The van der Waals surface area contributed by atoms with Crippen LogP contribution < -0.4 is 0 Å². The van der Waals surface area contributed by atoms with E-state index in [1.165, 1.54) is 19.3 Å². The molecular formula is C15H28N2O2S. The zero-order chi connectivity index (χ0) is 14.7. The molecule has 0 aromatic carbocycles. The fourth-order valence-corrected chi connectivity index (χ4v) is 4.56. The molecule has 20 heavy (non-hydrogen) atoms. The zero-order valence-corrected chi connectivity index (χ0v) is 14.0. The van der Waals surface area contributed by atoms with E-state index in [4.69, 9.17) is 4.74 Å². The Kier molecular flexibility index (Phi) is 5.75. The molecule has 1 amide bonds. The van der Waals surface area contributed by atoms with E-state index < -0.39 is 0 Å². The van der Waals surface area contributed by atoms with E-state index in [9.17, 15) is 4.79 Å². The number of likely N-dealkylation sites (N-methyl/N-ethyl adjacent to an activating group) is 1. The van der Waals surface area contributed by atoms with Crippen molar-refractivity contribution in [1.82, 2.24) is 9.80 Å². The van der Waals surface area contributed by atoms with Crippen LogP contribution in [0.3, 0.4) is 0 Å². The monoisotopic (exact) mass is 300 g/mol. The van der Waals surface area contributed by atoms with Crippen molar-refractivity contribution in [2.75, 3.05) is 32.9 Å². The maximum atomic E-state index is 12.5. The van der Waals surface area contributed by atoms with E-state index in [2.05, 4.69) is 18.2 Å². The molecule has 2 fully saturated rings. The third kappa shape index (κ3) is 3.89. The summed E-state index contributed by atoms with van der Waals surface area (Å²) < 4.78 is 5.69. The molecule has 0 spiro atoms. The molecule has 4 nitrogen and oxygen atoms in total. The molecule has 2 rings (SSSR count). The van der Waals surface area contributed by atoms with E-state index in [1.54, 1.807) is 0 Å². The Morgan fingerprint density at radius 2 is 1.95 bits per heavy atom. The molecule has 0 aromatic rings. The van der Waals surface area contributed by atoms with Crippen LogP contribution in [-0.2, 0) is 9.53 Å². The van der Waals surface area contributed by atoms with Crippen LogP contribution >= 0.6 is 11.8 Å². The zero-order valence-electron chi connectivity index (χ0n) is 13.2. The Bertz CT molecular complexity index is 330. The van der Waals surface area contributed by atoms with E-state index in [-0.39, 0.29) is 18.1 Å². The summed E-state index contributed by atoms with van der Waals surface area (Å²) in [4.78, 5) is 16.7. The lowest BCUT2D eigenvalue weighted by molar-refractivity contribution is -0.144. The highest BCUT2D eigenvalue weighted by Gasteiger charge is 2.32. The van der Waals surface area contributed by atoms with Crippen LogP contribution in [0.15, 0.2) is 0 Å². The Labute approximate surface area is 127 Å². The second kappa shape index (κ2) is 7.14. The normalized spacial score (nSPS) is 34.8. The van der Waals surface area contributed by atoms with Crippen LogP contribution in [0.5, 0.6) is 0 Å². The molecule has 0 unspecified atom stereocenters. The second-order valence-corrected chi connectivity index (χ2v) is 7.32. The van der Waals surface area contributed by atoms with Gasteiger partial charge in [-0.2, -0.15) is 11.8 Å². The highest BCUT2D eigenvalue weighted by atomic mass is 32.2. The minimum absolute atomic E-state index is 0.151. The van der Waals surface area contributed by atoms with Crippen LogP contribution in [0.1, 0.15) is 33.1 Å². The number of nitrogens with zero attached hydrogens (tertiary/aromatic N) is 2. The lowest BCUT2D eigenvalue weighted by atomic mass is 10.2. The van der Waals surface area contributed by atoms with Crippen molar-refractivity contribution < 1.29 is 9.53 Å². The van der Waals surface area contributed by atoms with Gasteiger partial charge in [-0.3, -0.25) is 9.69 Å². The maximum Gasteiger partial charge on any atom is 0.236 e. The third-order valence-corrected chi connectivity index (χ3v) is 5.60. The van der Waals surface area contributed by atoms with E-state index in [0.29, 0.717) is 17.8 Å². The van der Waals surface area contributed by atoms with Crippen molar-refractivity contribution in [3.63, 3.8) is 0 Å². The maximum absolute atomic E-state index is 12.5. The number of carbonyl (C=O) groups excluding carboxylic acids is 1. The molecular weight excluding hydrogens is 272 g/mol. The predicted octanol–water partition coefficient (Wildman–Crippen LogP) is 1.84. The summed E-state index contributed by atoms with van der Waals surface area (Å²) in [5.74, 6) is 0.251. The number of thioether (sulfide) groups is 1. The molecule has 2 aliphatic rings. The fraction of sp³-hybridized carbons (Fsp3) is 0.933. The molecule has 0 bridgehead atoms. The summed E-state index contributed by atoms with van der Waals surface area (Å²) in [5.41, 5.74) is 0. The van der Waals surface area contributed by atoms with Gasteiger partial charge in [-0.25, -0.2) is 0 Å². The van der Waals surface area contributed by atoms with Crippen molar-refractivity contribution in [2.24, 2.45) is 0 Å². The number of amides is 1. The number of carbonyl (C=O) groups is 1. The fourth-order valence-electron chi connectivity index (χ4n) is 3.50. The molecule has 0 aromatic heterocycles. The first-order chi connectivity index (χ1) is 9.51. The average molecular weight is 300 g/mol. The number of ether oxygens (including phenoxy) is 1. The van der Waals surface area contributed by atoms with Gasteiger partial charge in [0.1, 0.15) is 0 Å². The molecule has 1 heterocycles. The van der Waals surface area contributed by atoms with E-state index >= 15 is 0 Å². The van der Waals surface area contributed by atoms with Crippen LogP contribution in [0.25, 0.3) is 0 Å². The first-order valence-electron chi connectivity index (χ1n) is 7.67. The molecule has 1 saturated heterocycles. The van der Waals surface area contributed by atoms with Crippen LogP contribution in [0, 0.1) is 0 Å². The summed E-state index contributed by atoms with van der Waals surface area (Å²) in [7, 11) is 2.10. The Balaban J connectivity index is 1.87. The van der Waals surface area contributed by atoms with E-state index in [0.717, 1.165) is 13.1 Å².